The molecular formula is C24H35N5O3S. The third kappa shape index (κ3) is 6.29. The number of piperidine rings is 1. The second-order valence-electron chi connectivity index (χ2n) is 9.83. The Bertz CT molecular complexity index is 1010. The van der Waals surface area contributed by atoms with Gasteiger partial charge >= 0.3 is 6.09 Å². The predicted octanol–water partition coefficient (Wildman–Crippen LogP) is 4.20. The van der Waals surface area contributed by atoms with E-state index >= 15 is 0 Å². The van der Waals surface area contributed by atoms with Gasteiger partial charge in [0.15, 0.2) is 0 Å². The van der Waals surface area contributed by atoms with Crippen LogP contribution < -0.4 is 16.0 Å². The van der Waals surface area contributed by atoms with E-state index in [-0.39, 0.29) is 18.2 Å². The minimum absolute atomic E-state index is 0.148. The van der Waals surface area contributed by atoms with Gasteiger partial charge in [-0.15, -0.1) is 0 Å². The van der Waals surface area contributed by atoms with Gasteiger partial charge in [0.05, 0.1) is 18.0 Å². The van der Waals surface area contributed by atoms with E-state index in [1.807, 2.05) is 47.6 Å². The minimum Gasteiger partial charge on any atom is -0.444 e. The normalized spacial score (nSPS) is 15.9. The number of aliphatic hydroxyl groups excluding tert-OH is 1. The van der Waals surface area contributed by atoms with Crippen LogP contribution in [-0.4, -0.2) is 45.4 Å². The van der Waals surface area contributed by atoms with Gasteiger partial charge in [-0.2, -0.15) is 0 Å². The SMILES string of the molecule is Cc1cc(N2CCC(C)(NC(=O)OC(C)(C)C)CC2)c(CO)nc1Sc1ccnc(N)c1C. The van der Waals surface area contributed by atoms with E-state index in [2.05, 4.69) is 21.3 Å². The van der Waals surface area contributed by atoms with Gasteiger partial charge in [0.1, 0.15) is 16.4 Å². The highest BCUT2D eigenvalue weighted by Crippen LogP contribution is 2.36. The summed E-state index contributed by atoms with van der Waals surface area (Å²) in [7, 11) is 0. The molecule has 9 heteroatoms. The zero-order valence-corrected chi connectivity index (χ0v) is 21.2. The van der Waals surface area contributed by atoms with Gasteiger partial charge in [-0.1, -0.05) is 11.8 Å². The van der Waals surface area contributed by atoms with Crippen LogP contribution in [0.1, 0.15) is 57.4 Å². The Morgan fingerprint density at radius 3 is 2.61 bits per heavy atom. The van der Waals surface area contributed by atoms with Crippen molar-refractivity contribution in [2.45, 2.75) is 82.1 Å². The van der Waals surface area contributed by atoms with Crippen LogP contribution in [0.2, 0.25) is 0 Å². The lowest BCUT2D eigenvalue weighted by Crippen LogP contribution is -2.54. The number of hydrogen-bond acceptors (Lipinski definition) is 8. The third-order valence-corrected chi connectivity index (χ3v) is 7.05. The summed E-state index contributed by atoms with van der Waals surface area (Å²) < 4.78 is 5.43. The molecule has 4 N–H and O–H groups in total. The van der Waals surface area contributed by atoms with Crippen LogP contribution in [0, 0.1) is 13.8 Å². The van der Waals surface area contributed by atoms with Gasteiger partial charge in [-0.05, 0) is 72.1 Å². The van der Waals surface area contributed by atoms with Gasteiger partial charge in [0.2, 0.25) is 0 Å². The zero-order valence-electron chi connectivity index (χ0n) is 20.4. The van der Waals surface area contributed by atoms with E-state index in [0.717, 1.165) is 52.7 Å². The molecule has 1 aliphatic heterocycles. The minimum atomic E-state index is -0.527. The van der Waals surface area contributed by atoms with Crippen molar-refractivity contribution in [3.8, 4) is 0 Å². The van der Waals surface area contributed by atoms with Crippen LogP contribution in [-0.2, 0) is 11.3 Å². The Balaban J connectivity index is 1.73. The second kappa shape index (κ2) is 9.77. The first-order valence-corrected chi connectivity index (χ1v) is 12.0. The van der Waals surface area contributed by atoms with Crippen LogP contribution in [0.4, 0.5) is 16.3 Å². The number of amides is 1. The van der Waals surface area contributed by atoms with Crippen LogP contribution >= 0.6 is 11.8 Å². The van der Waals surface area contributed by atoms with Gasteiger partial charge < -0.3 is 25.8 Å². The standard InChI is InChI=1S/C24H35N5O3S/c1-15-13-18(17(14-30)27-21(15)33-19-7-10-26-20(25)16(19)2)29-11-8-24(6,9-12-29)28-22(31)32-23(3,4)5/h7,10,13,30H,8-9,11-12,14H2,1-6H3,(H2,25,26)(H,28,31). The first-order valence-electron chi connectivity index (χ1n) is 11.2. The molecule has 2 aromatic rings. The number of carbonyl (C=O) groups excluding carboxylic acids is 1. The Kier molecular flexibility index (Phi) is 7.43. The van der Waals surface area contributed by atoms with Crippen molar-refractivity contribution in [3.63, 3.8) is 0 Å². The first-order chi connectivity index (χ1) is 15.4. The van der Waals surface area contributed by atoms with E-state index < -0.39 is 5.60 Å². The number of aromatic nitrogens is 2. The third-order valence-electron chi connectivity index (χ3n) is 5.78. The highest BCUT2D eigenvalue weighted by molar-refractivity contribution is 7.99. The summed E-state index contributed by atoms with van der Waals surface area (Å²) in [5, 5.41) is 13.9. The second-order valence-corrected chi connectivity index (χ2v) is 10.9. The van der Waals surface area contributed by atoms with E-state index in [1.54, 1.807) is 6.20 Å². The molecule has 3 heterocycles. The molecule has 0 saturated carbocycles. The molecule has 0 unspecified atom stereocenters. The zero-order chi connectivity index (χ0) is 24.4. The van der Waals surface area contributed by atoms with Crippen LogP contribution in [0.5, 0.6) is 0 Å². The largest absolute Gasteiger partial charge is 0.444 e. The fourth-order valence-corrected chi connectivity index (χ4v) is 4.75. The molecule has 0 aromatic carbocycles. The Morgan fingerprint density at radius 2 is 2.00 bits per heavy atom. The molecule has 2 aromatic heterocycles. The molecule has 8 nitrogen and oxygen atoms in total. The number of hydrogen-bond donors (Lipinski definition) is 3. The molecule has 0 radical (unpaired) electrons. The molecule has 0 aliphatic carbocycles. The van der Waals surface area contributed by atoms with Crippen LogP contribution in [0.25, 0.3) is 0 Å². The molecule has 1 saturated heterocycles. The van der Waals surface area contributed by atoms with Crippen molar-refractivity contribution in [2.24, 2.45) is 0 Å². The van der Waals surface area contributed by atoms with Gasteiger partial charge in [0.25, 0.3) is 0 Å². The lowest BCUT2D eigenvalue weighted by Gasteiger charge is -2.41. The molecule has 1 fully saturated rings. The lowest BCUT2D eigenvalue weighted by molar-refractivity contribution is 0.0448. The van der Waals surface area contributed by atoms with Crippen molar-refractivity contribution in [1.82, 2.24) is 15.3 Å². The number of nitrogens with two attached hydrogens (primary N) is 1. The number of nitrogens with one attached hydrogen (secondary N) is 1. The number of aliphatic hydroxyl groups is 1. The molecule has 0 atom stereocenters. The predicted molar refractivity (Wildman–Crippen MR) is 132 cm³/mol. The molecule has 1 aliphatic rings. The van der Waals surface area contributed by atoms with Crippen LogP contribution in [0.15, 0.2) is 28.3 Å². The number of rotatable bonds is 5. The molecular weight excluding hydrogens is 438 g/mol. The smallest absolute Gasteiger partial charge is 0.408 e. The van der Waals surface area contributed by atoms with Crippen molar-refractivity contribution in [3.05, 3.63) is 35.2 Å². The van der Waals surface area contributed by atoms with Gasteiger partial charge in [-0.25, -0.2) is 14.8 Å². The average molecular weight is 474 g/mol. The Hall–Kier alpha value is -2.52. The van der Waals surface area contributed by atoms with Crippen LogP contribution in [0.3, 0.4) is 0 Å². The Labute approximate surface area is 200 Å². The summed E-state index contributed by atoms with van der Waals surface area (Å²) in [5.41, 5.74) is 8.61. The summed E-state index contributed by atoms with van der Waals surface area (Å²) in [6.07, 6.45) is 2.84. The van der Waals surface area contributed by atoms with E-state index in [4.69, 9.17) is 15.5 Å². The maximum absolute atomic E-state index is 12.3. The summed E-state index contributed by atoms with van der Waals surface area (Å²) in [6.45, 7) is 12.9. The number of nitrogens with zero attached hydrogens (tertiary/aromatic N) is 3. The molecule has 0 spiro atoms. The topological polar surface area (TPSA) is 114 Å². The van der Waals surface area contributed by atoms with E-state index in [1.165, 1.54) is 11.8 Å². The van der Waals surface area contributed by atoms with Gasteiger partial charge in [-0.3, -0.25) is 0 Å². The summed E-state index contributed by atoms with van der Waals surface area (Å²) in [6, 6.07) is 4.01. The van der Waals surface area contributed by atoms with Gasteiger partial charge in [0, 0.05) is 35.3 Å². The number of alkyl carbamates (subject to hydrolysis) is 1. The number of carbonyl (C=O) groups is 1. The molecule has 33 heavy (non-hydrogen) atoms. The van der Waals surface area contributed by atoms with Crippen molar-refractivity contribution in [1.29, 1.82) is 0 Å². The molecule has 3 rings (SSSR count). The monoisotopic (exact) mass is 473 g/mol. The fourth-order valence-electron chi connectivity index (χ4n) is 3.78. The summed E-state index contributed by atoms with van der Waals surface area (Å²) >= 11 is 1.53. The maximum Gasteiger partial charge on any atom is 0.408 e. The summed E-state index contributed by atoms with van der Waals surface area (Å²) in [5.74, 6) is 0.507. The van der Waals surface area contributed by atoms with Crippen molar-refractivity contribution >= 4 is 29.4 Å². The quantitative estimate of drug-likeness (QED) is 0.592. The van der Waals surface area contributed by atoms with Crippen molar-refractivity contribution < 1.29 is 14.6 Å². The van der Waals surface area contributed by atoms with Crippen molar-refractivity contribution in [2.75, 3.05) is 23.7 Å². The number of ether oxygens (including phenoxy) is 1. The maximum atomic E-state index is 12.3. The number of aryl methyl sites for hydroxylation is 1. The molecule has 0 bridgehead atoms. The fraction of sp³-hybridized carbons (Fsp3) is 0.542. The van der Waals surface area contributed by atoms with E-state index in [0.29, 0.717) is 11.5 Å². The first kappa shape index (κ1) is 25.1. The number of anilines is 2. The highest BCUT2D eigenvalue weighted by Gasteiger charge is 2.34. The molecule has 180 valence electrons. The number of nitrogen functional groups attached to an aromatic ring is 1. The average Bonchev–Trinajstić information content (AvgIpc) is 2.71. The lowest BCUT2D eigenvalue weighted by atomic mass is 9.89. The number of pyridine rings is 2. The molecule has 1 amide bonds. The summed E-state index contributed by atoms with van der Waals surface area (Å²) in [4.78, 5) is 24.4. The van der Waals surface area contributed by atoms with E-state index in [9.17, 15) is 9.90 Å². The highest BCUT2D eigenvalue weighted by atomic mass is 32.2. The Morgan fingerprint density at radius 1 is 1.33 bits per heavy atom.